The molecular weight excluding hydrogens is 354 g/mol. The Labute approximate surface area is 166 Å². The molecule has 3 aliphatic carbocycles. The lowest BCUT2D eigenvalue weighted by Gasteiger charge is -2.39. The fourth-order valence-corrected chi connectivity index (χ4v) is 5.86. The lowest BCUT2D eigenvalue weighted by molar-refractivity contribution is 0.290. The molecule has 0 radical (unpaired) electrons. The first kappa shape index (κ1) is 17.5. The quantitative estimate of drug-likeness (QED) is 0.518. The van der Waals surface area contributed by atoms with Crippen LogP contribution in [0.5, 0.6) is 0 Å². The second kappa shape index (κ2) is 6.79. The standard InChI is InChI=1S/C23H28ClN3/c1-23(13-15-9-16-11-17(14-23)20(16)10-15)27-7-2-6-25-21-5-8-26-22-12-18(24)3-4-19(21)22/h3-5,8,12,14-16,20,27H,2,6-7,9-11,13H2,1H3,(H,25,26). The molecule has 4 atom stereocenters. The van der Waals surface area contributed by atoms with Crippen molar-refractivity contribution in [3.05, 3.63) is 47.1 Å². The zero-order valence-electron chi connectivity index (χ0n) is 16.0. The summed E-state index contributed by atoms with van der Waals surface area (Å²) in [6.45, 7) is 4.40. The van der Waals surface area contributed by atoms with Gasteiger partial charge in [-0.15, -0.1) is 0 Å². The molecule has 3 aliphatic rings. The van der Waals surface area contributed by atoms with Crippen LogP contribution in [0.2, 0.25) is 5.02 Å². The van der Waals surface area contributed by atoms with Crippen molar-refractivity contribution in [2.24, 2.45) is 17.8 Å². The van der Waals surface area contributed by atoms with Gasteiger partial charge in [0.25, 0.3) is 0 Å². The number of nitrogens with one attached hydrogen (secondary N) is 2. The Kier molecular flexibility index (Phi) is 4.40. The average molecular weight is 382 g/mol. The number of anilines is 1. The number of nitrogens with zero attached hydrogens (tertiary/aromatic N) is 1. The summed E-state index contributed by atoms with van der Waals surface area (Å²) < 4.78 is 0. The van der Waals surface area contributed by atoms with Gasteiger partial charge < -0.3 is 10.6 Å². The molecule has 2 saturated carbocycles. The summed E-state index contributed by atoms with van der Waals surface area (Å²) in [5.74, 6) is 2.90. The molecule has 2 bridgehead atoms. The molecule has 5 rings (SSSR count). The molecule has 27 heavy (non-hydrogen) atoms. The van der Waals surface area contributed by atoms with Crippen molar-refractivity contribution in [1.29, 1.82) is 0 Å². The molecule has 0 spiro atoms. The monoisotopic (exact) mass is 381 g/mol. The summed E-state index contributed by atoms with van der Waals surface area (Å²) in [7, 11) is 0. The minimum absolute atomic E-state index is 0.195. The summed E-state index contributed by atoms with van der Waals surface area (Å²) >= 11 is 6.08. The smallest absolute Gasteiger partial charge is 0.0737 e. The maximum atomic E-state index is 6.08. The van der Waals surface area contributed by atoms with E-state index in [4.69, 9.17) is 11.6 Å². The van der Waals surface area contributed by atoms with Crippen molar-refractivity contribution in [2.45, 2.75) is 44.6 Å². The topological polar surface area (TPSA) is 37.0 Å². The van der Waals surface area contributed by atoms with Crippen molar-refractivity contribution in [1.82, 2.24) is 10.3 Å². The highest BCUT2D eigenvalue weighted by atomic mass is 35.5. The maximum Gasteiger partial charge on any atom is 0.0737 e. The lowest BCUT2D eigenvalue weighted by atomic mass is 9.69. The van der Waals surface area contributed by atoms with Crippen molar-refractivity contribution >= 4 is 28.2 Å². The van der Waals surface area contributed by atoms with E-state index in [2.05, 4.69) is 28.6 Å². The second-order valence-electron chi connectivity index (χ2n) is 8.98. The van der Waals surface area contributed by atoms with Gasteiger partial charge >= 0.3 is 0 Å². The van der Waals surface area contributed by atoms with E-state index in [0.29, 0.717) is 0 Å². The number of halogens is 1. The van der Waals surface area contributed by atoms with Crippen LogP contribution in [0, 0.1) is 17.8 Å². The fraction of sp³-hybridized carbons (Fsp3) is 0.522. The molecule has 0 aliphatic heterocycles. The zero-order chi connectivity index (χ0) is 18.4. The highest BCUT2D eigenvalue weighted by Gasteiger charge is 2.48. The van der Waals surface area contributed by atoms with Gasteiger partial charge in [0, 0.05) is 34.4 Å². The van der Waals surface area contributed by atoms with Crippen LogP contribution >= 0.6 is 11.6 Å². The predicted molar refractivity (Wildman–Crippen MR) is 113 cm³/mol. The molecule has 1 aromatic heterocycles. The minimum Gasteiger partial charge on any atom is -0.384 e. The molecule has 0 saturated heterocycles. The number of aromatic nitrogens is 1. The van der Waals surface area contributed by atoms with Crippen molar-refractivity contribution in [3.63, 3.8) is 0 Å². The van der Waals surface area contributed by atoms with E-state index >= 15 is 0 Å². The normalized spacial score (nSPS) is 31.3. The van der Waals surface area contributed by atoms with Crippen molar-refractivity contribution in [2.75, 3.05) is 18.4 Å². The third kappa shape index (κ3) is 3.36. The SMILES string of the molecule is CC1(NCCCNc2ccnc3cc(Cl)ccc23)C=C2CC3CC(CC23)C1. The van der Waals surface area contributed by atoms with Crippen LogP contribution in [0.4, 0.5) is 5.69 Å². The molecule has 2 N–H and O–H groups in total. The second-order valence-corrected chi connectivity index (χ2v) is 9.41. The lowest BCUT2D eigenvalue weighted by Crippen LogP contribution is -2.44. The Morgan fingerprint density at radius 1 is 1.22 bits per heavy atom. The highest BCUT2D eigenvalue weighted by Crippen LogP contribution is 2.57. The van der Waals surface area contributed by atoms with Crippen molar-refractivity contribution < 1.29 is 0 Å². The number of fused-ring (bicyclic) bond motifs is 2. The molecule has 1 aromatic carbocycles. The third-order valence-electron chi connectivity index (χ3n) is 6.89. The van der Waals surface area contributed by atoms with Gasteiger partial charge in [-0.3, -0.25) is 4.98 Å². The molecule has 0 amide bonds. The number of benzene rings is 1. The van der Waals surface area contributed by atoms with E-state index in [0.717, 1.165) is 58.9 Å². The Morgan fingerprint density at radius 2 is 2.15 bits per heavy atom. The van der Waals surface area contributed by atoms with Crippen LogP contribution in [-0.4, -0.2) is 23.6 Å². The van der Waals surface area contributed by atoms with Crippen LogP contribution in [0.1, 0.15) is 39.0 Å². The van der Waals surface area contributed by atoms with Gasteiger partial charge in [-0.05, 0) is 87.6 Å². The summed E-state index contributed by atoms with van der Waals surface area (Å²) in [5, 5.41) is 9.30. The van der Waals surface area contributed by atoms with E-state index < -0.39 is 0 Å². The largest absolute Gasteiger partial charge is 0.384 e. The average Bonchev–Trinajstić information content (AvgIpc) is 2.88. The van der Waals surface area contributed by atoms with Gasteiger partial charge in [-0.25, -0.2) is 0 Å². The number of rotatable bonds is 6. The first-order valence-corrected chi connectivity index (χ1v) is 10.7. The molecule has 3 nitrogen and oxygen atoms in total. The molecule has 2 fully saturated rings. The number of allylic oxidation sites excluding steroid dienone is 1. The Hall–Kier alpha value is -1.58. The van der Waals surface area contributed by atoms with Crippen LogP contribution in [0.3, 0.4) is 0 Å². The van der Waals surface area contributed by atoms with Crippen LogP contribution in [0.15, 0.2) is 42.1 Å². The number of hydrogen-bond donors (Lipinski definition) is 2. The first-order valence-electron chi connectivity index (χ1n) is 10.3. The van der Waals surface area contributed by atoms with E-state index in [-0.39, 0.29) is 5.54 Å². The molecular formula is C23H28ClN3. The van der Waals surface area contributed by atoms with E-state index in [1.165, 1.54) is 25.7 Å². The third-order valence-corrected chi connectivity index (χ3v) is 7.12. The molecule has 2 aromatic rings. The maximum absolute atomic E-state index is 6.08. The fourth-order valence-electron chi connectivity index (χ4n) is 5.70. The molecule has 142 valence electrons. The van der Waals surface area contributed by atoms with Gasteiger partial charge in [0.1, 0.15) is 0 Å². The van der Waals surface area contributed by atoms with Crippen LogP contribution < -0.4 is 10.6 Å². The Morgan fingerprint density at radius 3 is 3.07 bits per heavy atom. The predicted octanol–water partition coefficient (Wildman–Crippen LogP) is 5.41. The molecule has 1 heterocycles. The number of hydrogen-bond acceptors (Lipinski definition) is 3. The minimum atomic E-state index is 0.195. The van der Waals surface area contributed by atoms with Gasteiger partial charge in [-0.1, -0.05) is 23.3 Å². The van der Waals surface area contributed by atoms with E-state index in [1.807, 2.05) is 30.5 Å². The summed E-state index contributed by atoms with van der Waals surface area (Å²) in [4.78, 5) is 4.41. The van der Waals surface area contributed by atoms with E-state index in [9.17, 15) is 0 Å². The summed E-state index contributed by atoms with van der Waals surface area (Å²) in [6.07, 6.45) is 11.1. The zero-order valence-corrected chi connectivity index (χ0v) is 16.7. The molecule has 4 heteroatoms. The van der Waals surface area contributed by atoms with Crippen LogP contribution in [-0.2, 0) is 0 Å². The number of pyridine rings is 1. The summed E-state index contributed by atoms with van der Waals surface area (Å²) in [6, 6.07) is 7.94. The van der Waals surface area contributed by atoms with Crippen molar-refractivity contribution in [3.8, 4) is 0 Å². The Balaban J connectivity index is 1.16. The van der Waals surface area contributed by atoms with Gasteiger partial charge in [0.15, 0.2) is 0 Å². The first-order chi connectivity index (χ1) is 13.1. The highest BCUT2D eigenvalue weighted by molar-refractivity contribution is 6.31. The van der Waals surface area contributed by atoms with Gasteiger partial charge in [0.2, 0.25) is 0 Å². The Bertz CT molecular complexity index is 892. The van der Waals surface area contributed by atoms with Gasteiger partial charge in [0.05, 0.1) is 5.52 Å². The molecule has 4 unspecified atom stereocenters. The summed E-state index contributed by atoms with van der Waals surface area (Å²) in [5.41, 5.74) is 4.02. The van der Waals surface area contributed by atoms with Gasteiger partial charge in [-0.2, -0.15) is 0 Å². The van der Waals surface area contributed by atoms with E-state index in [1.54, 1.807) is 5.57 Å². The van der Waals surface area contributed by atoms with Crippen LogP contribution in [0.25, 0.3) is 10.9 Å².